The van der Waals surface area contributed by atoms with E-state index in [2.05, 4.69) is 10.5 Å². The summed E-state index contributed by atoms with van der Waals surface area (Å²) in [6.07, 6.45) is 0. The molecular formula is C20H16N2O4. The average molecular weight is 348 g/mol. The van der Waals surface area contributed by atoms with Crippen LogP contribution < -0.4 is 14.9 Å². The van der Waals surface area contributed by atoms with E-state index >= 15 is 0 Å². The molecule has 1 heterocycles. The maximum absolute atomic E-state index is 12.4. The van der Waals surface area contributed by atoms with Gasteiger partial charge in [-0.1, -0.05) is 24.3 Å². The minimum atomic E-state index is -0.478. The topological polar surface area (TPSA) is 80.2 Å². The molecule has 3 aromatic rings. The second kappa shape index (κ2) is 6.40. The Labute approximate surface area is 149 Å². The second-order valence-electron chi connectivity index (χ2n) is 5.92. The van der Waals surface area contributed by atoms with Gasteiger partial charge < -0.3 is 14.6 Å². The van der Waals surface area contributed by atoms with Gasteiger partial charge in [-0.05, 0) is 48.0 Å². The molecule has 0 unspecified atom stereocenters. The lowest BCUT2D eigenvalue weighted by Crippen LogP contribution is -2.19. The number of fused-ring (bicyclic) bond motifs is 2. The van der Waals surface area contributed by atoms with Gasteiger partial charge in [-0.3, -0.25) is 4.79 Å². The quantitative estimate of drug-likeness (QED) is 0.561. The Kier molecular flexibility index (Phi) is 3.93. The maximum Gasteiger partial charge on any atom is 0.275 e. The summed E-state index contributed by atoms with van der Waals surface area (Å²) in [4.78, 5) is 12.4. The predicted molar refractivity (Wildman–Crippen MR) is 97.9 cm³/mol. The van der Waals surface area contributed by atoms with Crippen molar-refractivity contribution in [2.75, 3.05) is 6.79 Å². The van der Waals surface area contributed by atoms with Crippen molar-refractivity contribution >= 4 is 22.4 Å². The Balaban J connectivity index is 1.56. The number of hydrogen-bond acceptors (Lipinski definition) is 5. The van der Waals surface area contributed by atoms with Crippen molar-refractivity contribution in [3.8, 4) is 17.2 Å². The van der Waals surface area contributed by atoms with E-state index in [0.29, 0.717) is 17.2 Å². The van der Waals surface area contributed by atoms with E-state index in [0.717, 1.165) is 16.3 Å². The first-order valence-corrected chi connectivity index (χ1v) is 8.08. The highest BCUT2D eigenvalue weighted by Crippen LogP contribution is 2.32. The van der Waals surface area contributed by atoms with Gasteiger partial charge in [-0.2, -0.15) is 5.10 Å². The van der Waals surface area contributed by atoms with Crippen LogP contribution in [-0.2, 0) is 0 Å². The number of hydrogen-bond donors (Lipinski definition) is 2. The molecule has 0 aliphatic carbocycles. The minimum Gasteiger partial charge on any atom is -0.507 e. The van der Waals surface area contributed by atoms with Crippen LogP contribution in [0.2, 0.25) is 0 Å². The standard InChI is InChI=1S/C20H16N2O4/c1-12(13-6-7-18-19(10-13)26-11-25-18)21-22-20(24)16-8-14-4-2-3-5-15(14)9-17(16)23/h2-10,23H,11H2,1H3,(H,22,24)/b21-12+. The van der Waals surface area contributed by atoms with Crippen LogP contribution in [0.4, 0.5) is 0 Å². The summed E-state index contributed by atoms with van der Waals surface area (Å²) in [5.41, 5.74) is 4.07. The highest BCUT2D eigenvalue weighted by molar-refractivity contribution is 6.03. The third kappa shape index (κ3) is 2.93. The van der Waals surface area contributed by atoms with Crippen LogP contribution in [-0.4, -0.2) is 23.5 Å². The van der Waals surface area contributed by atoms with Crippen LogP contribution in [0.3, 0.4) is 0 Å². The van der Waals surface area contributed by atoms with Crippen molar-refractivity contribution in [3.63, 3.8) is 0 Å². The molecule has 1 aliphatic heterocycles. The number of carbonyl (C=O) groups excluding carboxylic acids is 1. The summed E-state index contributed by atoms with van der Waals surface area (Å²) in [6.45, 7) is 1.98. The van der Waals surface area contributed by atoms with E-state index in [9.17, 15) is 9.90 Å². The summed E-state index contributed by atoms with van der Waals surface area (Å²) in [5.74, 6) is 0.771. The SMILES string of the molecule is C/C(=N\NC(=O)c1cc2ccccc2cc1O)c1ccc2c(c1)OCO2. The molecule has 1 aliphatic rings. The van der Waals surface area contributed by atoms with Crippen LogP contribution in [0, 0.1) is 0 Å². The van der Waals surface area contributed by atoms with E-state index in [-0.39, 0.29) is 18.1 Å². The lowest BCUT2D eigenvalue weighted by atomic mass is 10.1. The Morgan fingerprint density at radius 3 is 2.58 bits per heavy atom. The van der Waals surface area contributed by atoms with E-state index in [4.69, 9.17) is 9.47 Å². The van der Waals surface area contributed by atoms with Crippen molar-refractivity contribution in [2.24, 2.45) is 5.10 Å². The van der Waals surface area contributed by atoms with Crippen LogP contribution >= 0.6 is 0 Å². The number of hydrazone groups is 1. The van der Waals surface area contributed by atoms with Crippen molar-refractivity contribution in [3.05, 3.63) is 65.7 Å². The molecule has 0 saturated heterocycles. The van der Waals surface area contributed by atoms with Gasteiger partial charge in [0.25, 0.3) is 5.91 Å². The first-order valence-electron chi connectivity index (χ1n) is 8.08. The third-order valence-electron chi connectivity index (χ3n) is 4.22. The second-order valence-corrected chi connectivity index (χ2v) is 5.92. The summed E-state index contributed by atoms with van der Waals surface area (Å²) in [7, 11) is 0. The summed E-state index contributed by atoms with van der Waals surface area (Å²) in [6, 6.07) is 16.2. The van der Waals surface area contributed by atoms with Gasteiger partial charge in [-0.15, -0.1) is 0 Å². The smallest absolute Gasteiger partial charge is 0.275 e. The van der Waals surface area contributed by atoms with Crippen LogP contribution in [0.1, 0.15) is 22.8 Å². The summed E-state index contributed by atoms with van der Waals surface area (Å²) < 4.78 is 10.6. The number of phenols is 1. The number of amides is 1. The summed E-state index contributed by atoms with van der Waals surface area (Å²) >= 11 is 0. The molecule has 0 fully saturated rings. The van der Waals surface area contributed by atoms with Crippen LogP contribution in [0.25, 0.3) is 10.8 Å². The molecule has 6 nitrogen and oxygen atoms in total. The van der Waals surface area contributed by atoms with Crippen molar-refractivity contribution in [1.29, 1.82) is 0 Å². The maximum atomic E-state index is 12.4. The number of benzene rings is 3. The number of aromatic hydroxyl groups is 1. The number of nitrogens with one attached hydrogen (secondary N) is 1. The molecule has 1 amide bonds. The molecule has 4 rings (SSSR count). The molecule has 3 aromatic carbocycles. The largest absolute Gasteiger partial charge is 0.507 e. The molecule has 130 valence electrons. The van der Waals surface area contributed by atoms with Gasteiger partial charge in [0.05, 0.1) is 11.3 Å². The van der Waals surface area contributed by atoms with Crippen molar-refractivity contribution in [2.45, 2.75) is 6.92 Å². The molecule has 0 saturated carbocycles. The fraction of sp³-hybridized carbons (Fsp3) is 0.100. The van der Waals surface area contributed by atoms with Crippen LogP contribution in [0.5, 0.6) is 17.2 Å². The average Bonchev–Trinajstić information content (AvgIpc) is 3.13. The number of rotatable bonds is 3. The zero-order valence-electron chi connectivity index (χ0n) is 14.0. The fourth-order valence-corrected chi connectivity index (χ4v) is 2.79. The molecule has 0 radical (unpaired) electrons. The molecule has 26 heavy (non-hydrogen) atoms. The highest BCUT2D eigenvalue weighted by atomic mass is 16.7. The molecule has 6 heteroatoms. The van der Waals surface area contributed by atoms with Gasteiger partial charge in [0.1, 0.15) is 5.75 Å². The Morgan fingerprint density at radius 1 is 1.04 bits per heavy atom. The van der Waals surface area contributed by atoms with Gasteiger partial charge >= 0.3 is 0 Å². The molecule has 0 atom stereocenters. The molecule has 0 bridgehead atoms. The van der Waals surface area contributed by atoms with E-state index in [1.807, 2.05) is 30.3 Å². The molecule has 2 N–H and O–H groups in total. The highest BCUT2D eigenvalue weighted by Gasteiger charge is 2.15. The number of ether oxygens (including phenoxy) is 2. The Hall–Kier alpha value is -3.54. The predicted octanol–water partition coefficient (Wildman–Crippen LogP) is 3.43. The van der Waals surface area contributed by atoms with Gasteiger partial charge in [0.15, 0.2) is 11.5 Å². The summed E-state index contributed by atoms with van der Waals surface area (Å²) in [5, 5.41) is 16.0. The fourth-order valence-electron chi connectivity index (χ4n) is 2.79. The third-order valence-corrected chi connectivity index (χ3v) is 4.22. The number of phenolic OH excluding ortho intramolecular Hbond substituents is 1. The van der Waals surface area contributed by atoms with Crippen molar-refractivity contribution in [1.82, 2.24) is 5.43 Å². The normalized spacial score (nSPS) is 13.0. The van der Waals surface area contributed by atoms with Crippen LogP contribution in [0.15, 0.2) is 59.7 Å². The monoisotopic (exact) mass is 348 g/mol. The Morgan fingerprint density at radius 2 is 1.77 bits per heavy atom. The van der Waals surface area contributed by atoms with E-state index < -0.39 is 5.91 Å². The van der Waals surface area contributed by atoms with Crippen molar-refractivity contribution < 1.29 is 19.4 Å². The number of carbonyl (C=O) groups is 1. The van der Waals surface area contributed by atoms with E-state index in [1.165, 1.54) is 0 Å². The molecular weight excluding hydrogens is 332 g/mol. The molecule has 0 spiro atoms. The first kappa shape index (κ1) is 16.0. The molecule has 0 aromatic heterocycles. The lowest BCUT2D eigenvalue weighted by molar-refractivity contribution is 0.0952. The van der Waals surface area contributed by atoms with Gasteiger partial charge in [0.2, 0.25) is 6.79 Å². The lowest BCUT2D eigenvalue weighted by Gasteiger charge is -2.07. The van der Waals surface area contributed by atoms with Gasteiger partial charge in [0, 0.05) is 5.56 Å². The number of nitrogens with zero attached hydrogens (tertiary/aromatic N) is 1. The Bertz CT molecular complexity index is 1040. The first-order chi connectivity index (χ1) is 12.6. The van der Waals surface area contributed by atoms with Gasteiger partial charge in [-0.25, -0.2) is 5.43 Å². The zero-order chi connectivity index (χ0) is 18.1. The van der Waals surface area contributed by atoms with E-state index in [1.54, 1.807) is 31.2 Å². The zero-order valence-corrected chi connectivity index (χ0v) is 14.0. The minimum absolute atomic E-state index is 0.0860.